The molecule has 0 amide bonds. The van der Waals surface area contributed by atoms with Crippen molar-refractivity contribution in [2.45, 2.75) is 19.4 Å². The molecular weight excluding hydrogens is 210 g/mol. The number of pyridine rings is 1. The lowest BCUT2D eigenvalue weighted by Gasteiger charge is -2.20. The van der Waals surface area contributed by atoms with Gasteiger partial charge in [0.15, 0.2) is 5.65 Å². The molecule has 0 bridgehead atoms. The van der Waals surface area contributed by atoms with E-state index in [0.29, 0.717) is 11.2 Å². The first-order valence-corrected chi connectivity index (χ1v) is 4.74. The Morgan fingerprint density at radius 2 is 2.25 bits per heavy atom. The van der Waals surface area contributed by atoms with Crippen LogP contribution in [0.25, 0.3) is 11.2 Å². The number of nitrogens with zero attached hydrogens (tertiary/aromatic N) is 2. The number of carbonyl (C=O) groups is 1. The number of carboxylic acid groups (broad SMARTS) is 1. The van der Waals surface area contributed by atoms with Gasteiger partial charge in [0, 0.05) is 6.20 Å². The summed E-state index contributed by atoms with van der Waals surface area (Å²) in [6, 6.07) is 3.36. The van der Waals surface area contributed by atoms with Gasteiger partial charge >= 0.3 is 11.7 Å². The molecule has 2 aromatic rings. The van der Waals surface area contributed by atoms with E-state index in [9.17, 15) is 9.59 Å². The van der Waals surface area contributed by atoms with Crippen LogP contribution in [0, 0.1) is 0 Å². The molecule has 0 aliphatic rings. The largest absolute Gasteiger partial charge is 0.480 e. The van der Waals surface area contributed by atoms with E-state index in [0.717, 1.165) is 4.57 Å². The van der Waals surface area contributed by atoms with Crippen LogP contribution < -0.4 is 5.69 Å². The van der Waals surface area contributed by atoms with Gasteiger partial charge in [-0.1, -0.05) is 0 Å². The van der Waals surface area contributed by atoms with E-state index >= 15 is 0 Å². The van der Waals surface area contributed by atoms with Gasteiger partial charge in [-0.25, -0.2) is 14.6 Å². The fourth-order valence-electron chi connectivity index (χ4n) is 1.55. The summed E-state index contributed by atoms with van der Waals surface area (Å²) in [5, 5.41) is 9.10. The van der Waals surface area contributed by atoms with Crippen molar-refractivity contribution in [1.29, 1.82) is 0 Å². The van der Waals surface area contributed by atoms with Crippen LogP contribution in [0.4, 0.5) is 0 Å². The number of carboxylic acids is 1. The first kappa shape index (κ1) is 10.4. The number of imidazole rings is 1. The Morgan fingerprint density at radius 3 is 2.88 bits per heavy atom. The van der Waals surface area contributed by atoms with Crippen molar-refractivity contribution in [1.82, 2.24) is 14.5 Å². The summed E-state index contributed by atoms with van der Waals surface area (Å²) < 4.78 is 1.14. The molecule has 2 aromatic heterocycles. The van der Waals surface area contributed by atoms with Crippen LogP contribution in [0.15, 0.2) is 23.1 Å². The second kappa shape index (κ2) is 3.19. The second-order valence-corrected chi connectivity index (χ2v) is 4.00. The molecule has 2 rings (SSSR count). The molecule has 6 nitrogen and oxygen atoms in total. The Balaban J connectivity index is 2.83. The zero-order valence-electron chi connectivity index (χ0n) is 8.89. The van der Waals surface area contributed by atoms with Gasteiger partial charge in [-0.3, -0.25) is 4.57 Å². The van der Waals surface area contributed by atoms with Crippen molar-refractivity contribution < 1.29 is 9.90 Å². The third-order valence-corrected chi connectivity index (χ3v) is 2.53. The van der Waals surface area contributed by atoms with E-state index in [1.54, 1.807) is 12.1 Å². The van der Waals surface area contributed by atoms with E-state index in [4.69, 9.17) is 5.11 Å². The first-order chi connectivity index (χ1) is 7.44. The number of hydrogen-bond acceptors (Lipinski definition) is 3. The Hall–Kier alpha value is -2.11. The van der Waals surface area contributed by atoms with E-state index < -0.39 is 17.2 Å². The van der Waals surface area contributed by atoms with Gasteiger partial charge in [-0.2, -0.15) is 0 Å². The monoisotopic (exact) mass is 221 g/mol. The number of rotatable bonds is 2. The number of aliphatic carboxylic acids is 1. The molecule has 16 heavy (non-hydrogen) atoms. The average Bonchev–Trinajstić information content (AvgIpc) is 2.53. The molecule has 0 atom stereocenters. The third kappa shape index (κ3) is 1.30. The predicted octanol–water partition coefficient (Wildman–Crippen LogP) is 0.544. The summed E-state index contributed by atoms with van der Waals surface area (Å²) in [7, 11) is 0. The van der Waals surface area contributed by atoms with Crippen LogP contribution in [-0.2, 0) is 10.3 Å². The average molecular weight is 221 g/mol. The van der Waals surface area contributed by atoms with Crippen molar-refractivity contribution in [3.05, 3.63) is 28.8 Å². The third-order valence-electron chi connectivity index (χ3n) is 2.53. The lowest BCUT2D eigenvalue weighted by Crippen LogP contribution is -2.41. The quantitative estimate of drug-likeness (QED) is 0.774. The van der Waals surface area contributed by atoms with Crippen molar-refractivity contribution >= 4 is 17.1 Å². The number of aromatic amines is 1. The summed E-state index contributed by atoms with van der Waals surface area (Å²) in [6.45, 7) is 2.91. The first-order valence-electron chi connectivity index (χ1n) is 4.74. The summed E-state index contributed by atoms with van der Waals surface area (Å²) in [6.07, 6.45) is 1.52. The molecule has 0 spiro atoms. The van der Waals surface area contributed by atoms with Crippen molar-refractivity contribution in [2.75, 3.05) is 0 Å². The highest BCUT2D eigenvalue weighted by Gasteiger charge is 2.33. The molecular formula is C10H11N3O3. The molecule has 0 aromatic carbocycles. The predicted molar refractivity (Wildman–Crippen MR) is 57.3 cm³/mol. The fraction of sp³-hybridized carbons (Fsp3) is 0.300. The number of aromatic nitrogens is 3. The van der Waals surface area contributed by atoms with Gasteiger partial charge in [0.2, 0.25) is 0 Å². The molecule has 0 saturated carbocycles. The van der Waals surface area contributed by atoms with E-state index in [1.165, 1.54) is 20.0 Å². The van der Waals surface area contributed by atoms with Gasteiger partial charge in [-0.05, 0) is 26.0 Å². The Morgan fingerprint density at radius 1 is 1.56 bits per heavy atom. The highest BCUT2D eigenvalue weighted by Crippen LogP contribution is 2.18. The number of fused-ring (bicyclic) bond motifs is 1. The number of H-pyrrole nitrogens is 1. The van der Waals surface area contributed by atoms with Crippen molar-refractivity contribution in [2.24, 2.45) is 0 Å². The summed E-state index contributed by atoms with van der Waals surface area (Å²) in [5.74, 6) is -1.08. The molecule has 2 N–H and O–H groups in total. The van der Waals surface area contributed by atoms with Crippen LogP contribution in [0.3, 0.4) is 0 Å². The lowest BCUT2D eigenvalue weighted by molar-refractivity contribution is -0.145. The topological polar surface area (TPSA) is 88.0 Å². The van der Waals surface area contributed by atoms with Gasteiger partial charge in [0.1, 0.15) is 5.54 Å². The Bertz CT molecular complexity index is 609. The minimum atomic E-state index is -1.33. The molecule has 0 aliphatic carbocycles. The van der Waals surface area contributed by atoms with Gasteiger partial charge < -0.3 is 10.1 Å². The summed E-state index contributed by atoms with van der Waals surface area (Å²) in [4.78, 5) is 29.4. The SMILES string of the molecule is CC(C)(C(=O)O)n1c(=O)[nH]c2cccnc21. The maximum Gasteiger partial charge on any atom is 0.329 e. The maximum absolute atomic E-state index is 11.7. The summed E-state index contributed by atoms with van der Waals surface area (Å²) >= 11 is 0. The highest BCUT2D eigenvalue weighted by molar-refractivity contribution is 5.79. The Labute approximate surface area is 90.5 Å². The fourth-order valence-corrected chi connectivity index (χ4v) is 1.55. The van der Waals surface area contributed by atoms with Gasteiger partial charge in [-0.15, -0.1) is 0 Å². The second-order valence-electron chi connectivity index (χ2n) is 4.00. The molecule has 84 valence electrons. The number of nitrogens with one attached hydrogen (secondary N) is 1. The highest BCUT2D eigenvalue weighted by atomic mass is 16.4. The van der Waals surface area contributed by atoms with Crippen LogP contribution >= 0.6 is 0 Å². The van der Waals surface area contributed by atoms with Gasteiger partial charge in [0.25, 0.3) is 0 Å². The minimum absolute atomic E-state index is 0.347. The normalized spacial score (nSPS) is 11.9. The van der Waals surface area contributed by atoms with Crippen LogP contribution in [0.2, 0.25) is 0 Å². The van der Waals surface area contributed by atoms with Gasteiger partial charge in [0.05, 0.1) is 5.52 Å². The van der Waals surface area contributed by atoms with Crippen molar-refractivity contribution in [3.63, 3.8) is 0 Å². The lowest BCUT2D eigenvalue weighted by atomic mass is 10.1. The zero-order chi connectivity index (χ0) is 11.9. The van der Waals surface area contributed by atoms with E-state index in [1.807, 2.05) is 0 Å². The minimum Gasteiger partial charge on any atom is -0.480 e. The zero-order valence-corrected chi connectivity index (χ0v) is 8.89. The molecule has 6 heteroatoms. The molecule has 0 fully saturated rings. The molecule has 0 radical (unpaired) electrons. The van der Waals surface area contributed by atoms with Crippen LogP contribution in [0.5, 0.6) is 0 Å². The van der Waals surface area contributed by atoms with E-state index in [2.05, 4.69) is 9.97 Å². The maximum atomic E-state index is 11.7. The Kier molecular flexibility index (Phi) is 2.08. The summed E-state index contributed by atoms with van der Waals surface area (Å²) in [5.41, 5.74) is -0.924. The van der Waals surface area contributed by atoms with E-state index in [-0.39, 0.29) is 0 Å². The molecule has 0 aliphatic heterocycles. The van der Waals surface area contributed by atoms with Crippen LogP contribution in [0.1, 0.15) is 13.8 Å². The molecule has 0 unspecified atom stereocenters. The standard InChI is InChI=1S/C10H11N3O3/c1-10(2,8(14)15)13-7-6(12-9(13)16)4-3-5-11-7/h3-5H,1-2H3,(H,12,16)(H,14,15). The van der Waals surface area contributed by atoms with Crippen molar-refractivity contribution in [3.8, 4) is 0 Å². The molecule has 0 saturated heterocycles. The number of hydrogen-bond donors (Lipinski definition) is 2. The molecule has 2 heterocycles. The smallest absolute Gasteiger partial charge is 0.329 e. The van der Waals surface area contributed by atoms with Crippen LogP contribution in [-0.4, -0.2) is 25.6 Å².